The molecule has 2 aromatic carbocycles. The number of halogens is 2. The Balaban J connectivity index is 2.16. The van der Waals surface area contributed by atoms with Gasteiger partial charge in [0.2, 0.25) is 0 Å². The number of nitrogens with one attached hydrogen (secondary N) is 1. The van der Waals surface area contributed by atoms with Crippen molar-refractivity contribution in [1.29, 1.82) is 0 Å². The van der Waals surface area contributed by atoms with Crippen LogP contribution in [-0.2, 0) is 0 Å². The number of aliphatic hydroxyl groups is 1. The smallest absolute Gasteiger partial charge is 0.0745 e. The Bertz CT molecular complexity index is 577. The van der Waals surface area contributed by atoms with Gasteiger partial charge in [-0.15, -0.1) is 11.8 Å². The van der Waals surface area contributed by atoms with Gasteiger partial charge in [-0.3, -0.25) is 0 Å². The molecule has 0 fully saturated rings. The number of anilines is 1. The topological polar surface area (TPSA) is 32.3 Å². The molecule has 0 radical (unpaired) electrons. The normalized spacial score (nSPS) is 12.2. The van der Waals surface area contributed by atoms with Crippen molar-refractivity contribution in [3.63, 3.8) is 0 Å². The van der Waals surface area contributed by atoms with E-state index in [4.69, 9.17) is 11.6 Å². The maximum absolute atomic E-state index is 9.59. The molecule has 2 nitrogen and oxygen atoms in total. The molecule has 0 saturated carbocycles. The van der Waals surface area contributed by atoms with E-state index in [-0.39, 0.29) is 12.6 Å². The van der Waals surface area contributed by atoms with Crippen molar-refractivity contribution in [3.05, 3.63) is 57.5 Å². The summed E-state index contributed by atoms with van der Waals surface area (Å²) in [5.41, 5.74) is 1.96. The lowest BCUT2D eigenvalue weighted by molar-refractivity contribution is 0.276. The molecule has 0 amide bonds. The van der Waals surface area contributed by atoms with Gasteiger partial charge in [-0.25, -0.2) is 0 Å². The van der Waals surface area contributed by atoms with Crippen LogP contribution in [0.15, 0.2) is 51.8 Å². The Morgan fingerprint density at radius 2 is 1.95 bits per heavy atom. The molecule has 106 valence electrons. The van der Waals surface area contributed by atoms with Crippen molar-refractivity contribution in [1.82, 2.24) is 0 Å². The molecule has 0 spiro atoms. The second-order valence-corrected chi connectivity index (χ2v) is 6.42. The minimum atomic E-state index is -0.140. The number of hydrogen-bond acceptors (Lipinski definition) is 3. The summed E-state index contributed by atoms with van der Waals surface area (Å²) < 4.78 is 0.832. The summed E-state index contributed by atoms with van der Waals surface area (Å²) in [4.78, 5) is 1.21. The van der Waals surface area contributed by atoms with Gasteiger partial charge in [0.15, 0.2) is 0 Å². The molecule has 0 aliphatic heterocycles. The Labute approximate surface area is 136 Å². The molecule has 5 heteroatoms. The Kier molecular flexibility index (Phi) is 5.78. The quantitative estimate of drug-likeness (QED) is 0.727. The van der Waals surface area contributed by atoms with Crippen LogP contribution in [0.3, 0.4) is 0 Å². The van der Waals surface area contributed by atoms with Crippen LogP contribution in [0.4, 0.5) is 5.69 Å². The van der Waals surface area contributed by atoms with Gasteiger partial charge in [0.25, 0.3) is 0 Å². The molecule has 2 aromatic rings. The Morgan fingerprint density at radius 3 is 2.50 bits per heavy atom. The van der Waals surface area contributed by atoms with E-state index >= 15 is 0 Å². The molecule has 0 heterocycles. The molecule has 2 N–H and O–H groups in total. The summed E-state index contributed by atoms with van der Waals surface area (Å²) in [6, 6.07) is 13.7. The fourth-order valence-corrected chi connectivity index (χ4v) is 2.76. The number of hydrogen-bond donors (Lipinski definition) is 2. The molecule has 0 aromatic heterocycles. The molecule has 0 bridgehead atoms. The van der Waals surface area contributed by atoms with Gasteiger partial charge >= 0.3 is 0 Å². The SMILES string of the molecule is CSc1ccc(C(CO)Nc2ccc(Cl)c(Br)c2)cc1. The monoisotopic (exact) mass is 371 g/mol. The maximum atomic E-state index is 9.59. The summed E-state index contributed by atoms with van der Waals surface area (Å²) in [5, 5.41) is 13.6. The van der Waals surface area contributed by atoms with Gasteiger partial charge in [0.05, 0.1) is 17.7 Å². The molecule has 2 rings (SSSR count). The average Bonchev–Trinajstić information content (AvgIpc) is 2.48. The fraction of sp³-hybridized carbons (Fsp3) is 0.200. The minimum absolute atomic E-state index is 0.0266. The average molecular weight is 373 g/mol. The zero-order chi connectivity index (χ0) is 14.5. The highest BCUT2D eigenvalue weighted by molar-refractivity contribution is 9.10. The highest BCUT2D eigenvalue weighted by Crippen LogP contribution is 2.28. The number of aliphatic hydroxyl groups excluding tert-OH is 1. The van der Waals surface area contributed by atoms with Crippen molar-refractivity contribution in [3.8, 4) is 0 Å². The van der Waals surface area contributed by atoms with E-state index in [1.165, 1.54) is 4.90 Å². The first-order valence-corrected chi connectivity index (χ1v) is 8.50. The van der Waals surface area contributed by atoms with E-state index in [0.717, 1.165) is 15.7 Å². The van der Waals surface area contributed by atoms with Gasteiger partial charge in [-0.1, -0.05) is 23.7 Å². The van der Waals surface area contributed by atoms with Crippen LogP contribution >= 0.6 is 39.3 Å². The Morgan fingerprint density at radius 1 is 1.25 bits per heavy atom. The minimum Gasteiger partial charge on any atom is -0.394 e. The highest BCUT2D eigenvalue weighted by atomic mass is 79.9. The van der Waals surface area contributed by atoms with Gasteiger partial charge in [0, 0.05) is 15.1 Å². The summed E-state index contributed by atoms with van der Waals surface area (Å²) in [5.74, 6) is 0. The van der Waals surface area contributed by atoms with Gasteiger partial charge in [-0.05, 0) is 58.1 Å². The van der Waals surface area contributed by atoms with Crippen molar-refractivity contribution in [2.45, 2.75) is 10.9 Å². The van der Waals surface area contributed by atoms with E-state index in [1.54, 1.807) is 11.8 Å². The lowest BCUT2D eigenvalue weighted by Gasteiger charge is -2.18. The van der Waals surface area contributed by atoms with Crippen LogP contribution in [0, 0.1) is 0 Å². The van der Waals surface area contributed by atoms with E-state index in [0.29, 0.717) is 5.02 Å². The molecule has 0 saturated heterocycles. The second kappa shape index (κ2) is 7.36. The van der Waals surface area contributed by atoms with Crippen LogP contribution in [0.2, 0.25) is 5.02 Å². The second-order valence-electron chi connectivity index (χ2n) is 4.28. The first kappa shape index (κ1) is 15.7. The summed E-state index contributed by atoms with van der Waals surface area (Å²) in [7, 11) is 0. The molecule has 20 heavy (non-hydrogen) atoms. The van der Waals surface area contributed by atoms with Crippen LogP contribution in [0.5, 0.6) is 0 Å². The van der Waals surface area contributed by atoms with Crippen LogP contribution in [-0.4, -0.2) is 18.0 Å². The predicted octanol–water partition coefficient (Wildman–Crippen LogP) is 4.97. The zero-order valence-corrected chi connectivity index (χ0v) is 14.1. The number of rotatable bonds is 5. The van der Waals surface area contributed by atoms with Crippen LogP contribution in [0.1, 0.15) is 11.6 Å². The van der Waals surface area contributed by atoms with Gasteiger partial charge in [0.1, 0.15) is 0 Å². The fourth-order valence-electron chi connectivity index (χ4n) is 1.86. The van der Waals surface area contributed by atoms with Crippen molar-refractivity contribution >= 4 is 45.0 Å². The van der Waals surface area contributed by atoms with E-state index < -0.39 is 0 Å². The molecular weight excluding hydrogens is 358 g/mol. The largest absolute Gasteiger partial charge is 0.394 e. The first-order valence-electron chi connectivity index (χ1n) is 6.10. The van der Waals surface area contributed by atoms with Crippen LogP contribution in [0.25, 0.3) is 0 Å². The van der Waals surface area contributed by atoms with Crippen molar-refractivity contribution < 1.29 is 5.11 Å². The van der Waals surface area contributed by atoms with Crippen molar-refractivity contribution in [2.24, 2.45) is 0 Å². The molecular formula is C15H15BrClNOS. The highest BCUT2D eigenvalue weighted by Gasteiger charge is 2.11. The van der Waals surface area contributed by atoms with E-state index in [2.05, 4.69) is 33.4 Å². The van der Waals surface area contributed by atoms with Gasteiger partial charge in [-0.2, -0.15) is 0 Å². The summed E-state index contributed by atoms with van der Waals surface area (Å²) in [6.45, 7) is 0.0266. The lowest BCUT2D eigenvalue weighted by atomic mass is 10.1. The number of thioether (sulfide) groups is 1. The third-order valence-electron chi connectivity index (χ3n) is 2.96. The lowest BCUT2D eigenvalue weighted by Crippen LogP contribution is -2.14. The molecule has 1 unspecified atom stereocenters. The Hall–Kier alpha value is -0.680. The first-order chi connectivity index (χ1) is 9.63. The van der Waals surface area contributed by atoms with Gasteiger partial charge < -0.3 is 10.4 Å². The van der Waals surface area contributed by atoms with Crippen molar-refractivity contribution in [2.75, 3.05) is 18.2 Å². The molecule has 0 aliphatic rings. The summed E-state index contributed by atoms with van der Waals surface area (Å²) >= 11 is 11.1. The third-order valence-corrected chi connectivity index (χ3v) is 4.92. The third kappa shape index (κ3) is 3.92. The van der Waals surface area contributed by atoms with Crippen LogP contribution < -0.4 is 5.32 Å². The van der Waals surface area contributed by atoms with E-state index in [1.807, 2.05) is 36.6 Å². The standard InChI is InChI=1S/C15H15BrClNOS/c1-20-12-5-2-10(3-6-12)15(9-19)18-11-4-7-14(17)13(16)8-11/h2-8,15,18-19H,9H2,1H3. The predicted molar refractivity (Wildman–Crippen MR) is 90.8 cm³/mol. The molecule has 1 atom stereocenters. The maximum Gasteiger partial charge on any atom is 0.0745 e. The number of benzene rings is 2. The van der Waals surface area contributed by atoms with E-state index in [9.17, 15) is 5.11 Å². The zero-order valence-electron chi connectivity index (χ0n) is 10.9. The summed E-state index contributed by atoms with van der Waals surface area (Å²) in [6.07, 6.45) is 2.04. The molecule has 0 aliphatic carbocycles.